The molecule has 1 amide bonds. The first-order chi connectivity index (χ1) is 13.1. The number of aromatic nitrogens is 1. The zero-order chi connectivity index (χ0) is 18.9. The van der Waals surface area contributed by atoms with E-state index >= 15 is 0 Å². The average Bonchev–Trinajstić information content (AvgIpc) is 3.29. The molecule has 2 aliphatic heterocycles. The van der Waals surface area contributed by atoms with Crippen LogP contribution in [0.15, 0.2) is 41.0 Å². The summed E-state index contributed by atoms with van der Waals surface area (Å²) in [6.45, 7) is 2.23. The molecule has 0 saturated carbocycles. The molecule has 1 N–H and O–H groups in total. The van der Waals surface area contributed by atoms with E-state index < -0.39 is 5.97 Å². The fourth-order valence-electron chi connectivity index (χ4n) is 4.08. The van der Waals surface area contributed by atoms with Gasteiger partial charge >= 0.3 is 5.97 Å². The third-order valence-corrected chi connectivity index (χ3v) is 5.62. The van der Waals surface area contributed by atoms with Gasteiger partial charge in [0.2, 0.25) is 11.8 Å². The molecule has 2 aromatic rings. The zero-order valence-corrected chi connectivity index (χ0v) is 15.3. The normalized spacial score (nSPS) is 22.0. The first-order valence-electron chi connectivity index (χ1n) is 9.21. The lowest BCUT2D eigenvalue weighted by Gasteiger charge is -2.38. The second-order valence-corrected chi connectivity index (χ2v) is 7.33. The van der Waals surface area contributed by atoms with E-state index in [0.717, 1.165) is 37.9 Å². The van der Waals surface area contributed by atoms with Crippen LogP contribution in [-0.4, -0.2) is 47.5 Å². The number of benzene rings is 1. The number of hydrogen-bond donors (Lipinski definition) is 1. The molecule has 1 aromatic carbocycles. The van der Waals surface area contributed by atoms with Crippen molar-refractivity contribution in [3.8, 4) is 0 Å². The molecule has 0 radical (unpaired) electrons. The Bertz CT molecular complexity index is 825. The first kappa shape index (κ1) is 17.7. The van der Waals surface area contributed by atoms with Crippen LogP contribution in [0.25, 0.3) is 0 Å². The number of piperidine rings is 1. The second kappa shape index (κ2) is 7.15. The van der Waals surface area contributed by atoms with Gasteiger partial charge in [-0.25, -0.2) is 9.78 Å². The van der Waals surface area contributed by atoms with Crippen LogP contribution in [0.1, 0.15) is 47.1 Å². The van der Waals surface area contributed by atoms with E-state index in [2.05, 4.69) is 19.9 Å². The van der Waals surface area contributed by atoms with Gasteiger partial charge in [0.1, 0.15) is 6.26 Å². The summed E-state index contributed by atoms with van der Waals surface area (Å²) in [6.07, 6.45) is 3.96. The number of likely N-dealkylation sites (tertiary alicyclic amines) is 1. The van der Waals surface area contributed by atoms with Crippen LogP contribution in [0.2, 0.25) is 0 Å². The number of hydrogen-bond acceptors (Lipinski definition) is 6. The smallest absolute Gasteiger partial charge is 0.360 e. The monoisotopic (exact) mass is 369 g/mol. The largest absolute Gasteiger partial charge is 0.464 e. The molecule has 142 valence electrons. The Labute approximate surface area is 157 Å². The molecule has 0 unspecified atom stereocenters. The van der Waals surface area contributed by atoms with E-state index in [0.29, 0.717) is 12.4 Å². The number of amides is 1. The molecule has 1 atom stereocenters. The number of nitrogens with zero attached hydrogens (tertiary/aromatic N) is 2. The van der Waals surface area contributed by atoms with Gasteiger partial charge in [0, 0.05) is 18.6 Å². The summed E-state index contributed by atoms with van der Waals surface area (Å²) in [5.41, 5.74) is 1.15. The topological polar surface area (TPSA) is 84.7 Å². The highest BCUT2D eigenvalue weighted by Gasteiger charge is 2.46. The number of carbonyl (C=O) groups excluding carboxylic acids is 2. The van der Waals surface area contributed by atoms with Gasteiger partial charge in [0.05, 0.1) is 19.6 Å². The second-order valence-electron chi connectivity index (χ2n) is 7.33. The van der Waals surface area contributed by atoms with Crippen LogP contribution in [0.3, 0.4) is 0 Å². The van der Waals surface area contributed by atoms with Gasteiger partial charge in [-0.2, -0.15) is 0 Å². The van der Waals surface area contributed by atoms with Gasteiger partial charge < -0.3 is 14.5 Å². The van der Waals surface area contributed by atoms with Gasteiger partial charge in [-0.3, -0.25) is 9.69 Å². The van der Waals surface area contributed by atoms with Crippen LogP contribution < -0.4 is 5.32 Å². The van der Waals surface area contributed by atoms with Crippen molar-refractivity contribution >= 4 is 11.9 Å². The highest BCUT2D eigenvalue weighted by atomic mass is 16.5. The lowest BCUT2D eigenvalue weighted by molar-refractivity contribution is -0.121. The van der Waals surface area contributed by atoms with Crippen LogP contribution >= 0.6 is 0 Å². The van der Waals surface area contributed by atoms with Crippen LogP contribution in [0.4, 0.5) is 0 Å². The fraction of sp³-hybridized carbons (Fsp3) is 0.450. The number of esters is 1. The Morgan fingerprint density at radius 3 is 2.78 bits per heavy atom. The highest BCUT2D eigenvalue weighted by molar-refractivity contribution is 5.87. The maximum atomic E-state index is 12.5. The van der Waals surface area contributed by atoms with Crippen molar-refractivity contribution in [2.75, 3.05) is 20.2 Å². The maximum absolute atomic E-state index is 12.5. The van der Waals surface area contributed by atoms with Gasteiger partial charge in [0.25, 0.3) is 0 Å². The standard InChI is InChI=1S/C20H23N3O4/c1-26-19(25)16-13-27-17(21-16)12-23-9-7-20(8-10-23)11-15(18(24)22-20)14-5-3-2-4-6-14/h2-6,13,15H,7-12H2,1H3,(H,22,24)/t15-/m0/s1. The van der Waals surface area contributed by atoms with Gasteiger partial charge in [-0.05, 0) is 24.8 Å². The van der Waals surface area contributed by atoms with E-state index in [9.17, 15) is 9.59 Å². The summed E-state index contributed by atoms with van der Waals surface area (Å²) in [7, 11) is 1.32. The third-order valence-electron chi connectivity index (χ3n) is 5.62. The van der Waals surface area contributed by atoms with Crippen molar-refractivity contribution < 1.29 is 18.7 Å². The fourth-order valence-corrected chi connectivity index (χ4v) is 4.08. The minimum atomic E-state index is -0.497. The van der Waals surface area contributed by atoms with E-state index in [1.807, 2.05) is 30.3 Å². The van der Waals surface area contributed by atoms with Crippen LogP contribution in [-0.2, 0) is 16.1 Å². The molecule has 7 heteroatoms. The molecule has 2 aliphatic rings. The number of oxazole rings is 1. The minimum absolute atomic E-state index is 0.0629. The number of nitrogens with one attached hydrogen (secondary N) is 1. The number of methoxy groups -OCH3 is 1. The molecule has 2 saturated heterocycles. The van der Waals surface area contributed by atoms with Crippen LogP contribution in [0, 0.1) is 0 Å². The Kier molecular flexibility index (Phi) is 4.70. The van der Waals surface area contributed by atoms with Gasteiger partial charge in [0.15, 0.2) is 5.69 Å². The Morgan fingerprint density at radius 1 is 1.33 bits per heavy atom. The van der Waals surface area contributed by atoms with Gasteiger partial charge in [-0.15, -0.1) is 0 Å². The lowest BCUT2D eigenvalue weighted by atomic mass is 9.82. The first-order valence-corrected chi connectivity index (χ1v) is 9.21. The highest BCUT2D eigenvalue weighted by Crippen LogP contribution is 2.39. The molecule has 7 nitrogen and oxygen atoms in total. The molecule has 0 aliphatic carbocycles. The van der Waals surface area contributed by atoms with Crippen molar-refractivity contribution in [1.82, 2.24) is 15.2 Å². The van der Waals surface area contributed by atoms with Crippen molar-refractivity contribution in [2.45, 2.75) is 37.3 Å². The van der Waals surface area contributed by atoms with Gasteiger partial charge in [-0.1, -0.05) is 30.3 Å². The molecule has 3 heterocycles. The number of ether oxygens (including phenoxy) is 1. The van der Waals surface area contributed by atoms with E-state index in [1.54, 1.807) is 0 Å². The summed E-state index contributed by atoms with van der Waals surface area (Å²) in [5, 5.41) is 3.26. The van der Waals surface area contributed by atoms with E-state index in [1.165, 1.54) is 13.4 Å². The lowest BCUT2D eigenvalue weighted by Crippen LogP contribution is -2.50. The van der Waals surface area contributed by atoms with Crippen molar-refractivity contribution in [1.29, 1.82) is 0 Å². The van der Waals surface area contributed by atoms with Crippen LogP contribution in [0.5, 0.6) is 0 Å². The predicted molar refractivity (Wildman–Crippen MR) is 97.0 cm³/mol. The average molecular weight is 369 g/mol. The number of rotatable bonds is 4. The molecule has 1 aromatic heterocycles. The SMILES string of the molecule is COC(=O)c1coc(CN2CCC3(CC2)C[C@@H](c2ccccc2)C(=O)N3)n1. The Hall–Kier alpha value is -2.67. The third kappa shape index (κ3) is 3.60. The summed E-state index contributed by atoms with van der Waals surface area (Å²) in [4.78, 5) is 30.4. The summed E-state index contributed by atoms with van der Waals surface area (Å²) >= 11 is 0. The Morgan fingerprint density at radius 2 is 2.07 bits per heavy atom. The molecular weight excluding hydrogens is 346 g/mol. The number of carbonyl (C=O) groups is 2. The van der Waals surface area contributed by atoms with Crippen molar-refractivity contribution in [2.24, 2.45) is 0 Å². The van der Waals surface area contributed by atoms with Crippen molar-refractivity contribution in [3.63, 3.8) is 0 Å². The maximum Gasteiger partial charge on any atom is 0.360 e. The summed E-state index contributed by atoms with van der Waals surface area (Å²) in [6, 6.07) is 9.99. The summed E-state index contributed by atoms with van der Waals surface area (Å²) < 4.78 is 10.0. The Balaban J connectivity index is 1.36. The quantitative estimate of drug-likeness (QED) is 0.831. The predicted octanol–water partition coefficient (Wildman–Crippen LogP) is 2.10. The van der Waals surface area contributed by atoms with E-state index in [-0.39, 0.29) is 23.1 Å². The summed E-state index contributed by atoms with van der Waals surface area (Å²) in [5.74, 6) is 0.0735. The molecule has 0 bridgehead atoms. The minimum Gasteiger partial charge on any atom is -0.464 e. The van der Waals surface area contributed by atoms with E-state index in [4.69, 9.17) is 4.42 Å². The molecule has 4 rings (SSSR count). The molecule has 2 fully saturated rings. The molecular formula is C20H23N3O4. The molecule has 27 heavy (non-hydrogen) atoms. The zero-order valence-electron chi connectivity index (χ0n) is 15.3. The molecule has 1 spiro atoms. The van der Waals surface area contributed by atoms with Crippen molar-refractivity contribution in [3.05, 3.63) is 53.7 Å².